The summed E-state index contributed by atoms with van der Waals surface area (Å²) in [6.07, 6.45) is 2.77. The second-order valence-corrected chi connectivity index (χ2v) is 4.35. The Kier molecular flexibility index (Phi) is 10.1. The molecular formula is C13H26N2O2. The third-order valence-electron chi connectivity index (χ3n) is 2.48. The average molecular weight is 242 g/mol. The first kappa shape index (κ1) is 16.4. The van der Waals surface area contributed by atoms with Gasteiger partial charge in [-0.25, -0.2) is 0 Å². The van der Waals surface area contributed by atoms with E-state index in [0.717, 1.165) is 26.0 Å². The molecule has 0 aliphatic heterocycles. The summed E-state index contributed by atoms with van der Waals surface area (Å²) in [6, 6.07) is 2.30. The van der Waals surface area contributed by atoms with Crippen molar-refractivity contribution in [2.75, 3.05) is 33.0 Å². The van der Waals surface area contributed by atoms with E-state index in [1.54, 1.807) is 0 Å². The summed E-state index contributed by atoms with van der Waals surface area (Å²) >= 11 is 0. The molecule has 0 aliphatic rings. The summed E-state index contributed by atoms with van der Waals surface area (Å²) in [5.74, 6) is 0. The molecule has 0 aromatic carbocycles. The van der Waals surface area contributed by atoms with Crippen LogP contribution in [-0.2, 0) is 9.47 Å². The number of nitriles is 1. The number of rotatable bonds is 11. The van der Waals surface area contributed by atoms with Crippen LogP contribution in [0, 0.1) is 11.3 Å². The van der Waals surface area contributed by atoms with E-state index in [1.807, 2.05) is 6.92 Å². The number of hydrogen-bond donors (Lipinski definition) is 1. The van der Waals surface area contributed by atoms with Gasteiger partial charge >= 0.3 is 0 Å². The largest absolute Gasteiger partial charge is 0.379 e. The van der Waals surface area contributed by atoms with Crippen LogP contribution in [0.5, 0.6) is 0 Å². The van der Waals surface area contributed by atoms with Gasteiger partial charge in [-0.1, -0.05) is 13.8 Å². The second-order valence-electron chi connectivity index (χ2n) is 4.35. The summed E-state index contributed by atoms with van der Waals surface area (Å²) in [6.45, 7) is 9.58. The maximum Gasteiger partial charge on any atom is 0.106 e. The molecular weight excluding hydrogens is 216 g/mol. The van der Waals surface area contributed by atoms with Crippen LogP contribution in [0.4, 0.5) is 0 Å². The molecule has 4 nitrogen and oxygen atoms in total. The Morgan fingerprint density at radius 3 is 2.24 bits per heavy atom. The Hall–Kier alpha value is -0.630. The van der Waals surface area contributed by atoms with Gasteiger partial charge in [0, 0.05) is 19.6 Å². The summed E-state index contributed by atoms with van der Waals surface area (Å²) in [4.78, 5) is 0. The molecule has 0 radical (unpaired) electrons. The van der Waals surface area contributed by atoms with Gasteiger partial charge < -0.3 is 9.47 Å². The van der Waals surface area contributed by atoms with E-state index < -0.39 is 5.54 Å². The molecule has 100 valence electrons. The molecule has 1 atom stereocenters. The third kappa shape index (κ3) is 9.11. The van der Waals surface area contributed by atoms with Crippen LogP contribution >= 0.6 is 0 Å². The molecule has 0 saturated heterocycles. The highest BCUT2D eigenvalue weighted by atomic mass is 16.5. The number of hydrogen-bond acceptors (Lipinski definition) is 4. The molecule has 0 aliphatic carbocycles. The van der Waals surface area contributed by atoms with Gasteiger partial charge in [-0.15, -0.1) is 0 Å². The molecule has 0 spiro atoms. The molecule has 4 heteroatoms. The van der Waals surface area contributed by atoms with Crippen LogP contribution in [0.2, 0.25) is 0 Å². The SMILES string of the molecule is CCCNC(C)(C#N)CCOCCOCCC. The Balaban J connectivity index is 3.53. The first-order chi connectivity index (χ1) is 8.18. The van der Waals surface area contributed by atoms with Crippen molar-refractivity contribution in [3.8, 4) is 6.07 Å². The van der Waals surface area contributed by atoms with Crippen molar-refractivity contribution in [1.29, 1.82) is 5.26 Å². The van der Waals surface area contributed by atoms with Crippen LogP contribution in [0.3, 0.4) is 0 Å². The molecule has 0 fully saturated rings. The molecule has 0 amide bonds. The number of nitrogens with one attached hydrogen (secondary N) is 1. The Bertz CT molecular complexity index is 216. The van der Waals surface area contributed by atoms with Gasteiger partial charge in [-0.05, 0) is 26.3 Å². The van der Waals surface area contributed by atoms with Gasteiger partial charge in [0.25, 0.3) is 0 Å². The molecule has 1 unspecified atom stereocenters. The maximum atomic E-state index is 9.09. The average Bonchev–Trinajstić information content (AvgIpc) is 2.35. The molecule has 0 rings (SSSR count). The minimum Gasteiger partial charge on any atom is -0.379 e. The van der Waals surface area contributed by atoms with E-state index in [2.05, 4.69) is 25.2 Å². The summed E-state index contributed by atoms with van der Waals surface area (Å²) in [5, 5.41) is 12.3. The zero-order valence-electron chi connectivity index (χ0n) is 11.4. The quantitative estimate of drug-likeness (QED) is 0.564. The summed E-state index contributed by atoms with van der Waals surface area (Å²) in [7, 11) is 0. The fourth-order valence-corrected chi connectivity index (χ4v) is 1.33. The van der Waals surface area contributed by atoms with Gasteiger partial charge in [0.05, 0.1) is 19.3 Å². The number of nitrogens with zero attached hydrogens (tertiary/aromatic N) is 1. The topological polar surface area (TPSA) is 54.3 Å². The fraction of sp³-hybridized carbons (Fsp3) is 0.923. The number of ether oxygens (including phenoxy) is 2. The van der Waals surface area contributed by atoms with E-state index in [1.165, 1.54) is 0 Å². The van der Waals surface area contributed by atoms with Crippen molar-refractivity contribution in [3.05, 3.63) is 0 Å². The molecule has 17 heavy (non-hydrogen) atoms. The highest BCUT2D eigenvalue weighted by Gasteiger charge is 2.21. The lowest BCUT2D eigenvalue weighted by Crippen LogP contribution is -2.42. The summed E-state index contributed by atoms with van der Waals surface area (Å²) < 4.78 is 10.7. The smallest absolute Gasteiger partial charge is 0.106 e. The van der Waals surface area contributed by atoms with Crippen molar-refractivity contribution < 1.29 is 9.47 Å². The minimum atomic E-state index is -0.472. The monoisotopic (exact) mass is 242 g/mol. The van der Waals surface area contributed by atoms with E-state index in [9.17, 15) is 0 Å². The zero-order chi connectivity index (χ0) is 13.0. The lowest BCUT2D eigenvalue weighted by atomic mass is 10.0. The van der Waals surface area contributed by atoms with Crippen molar-refractivity contribution in [2.45, 2.75) is 45.6 Å². The first-order valence-corrected chi connectivity index (χ1v) is 6.50. The lowest BCUT2D eigenvalue weighted by molar-refractivity contribution is 0.0427. The molecule has 0 aromatic rings. The predicted octanol–water partition coefficient (Wildman–Crippen LogP) is 2.10. The van der Waals surface area contributed by atoms with Crippen LogP contribution in [0.25, 0.3) is 0 Å². The fourth-order valence-electron chi connectivity index (χ4n) is 1.33. The molecule has 0 saturated carbocycles. The Labute approximate surface area is 105 Å². The lowest BCUT2D eigenvalue weighted by Gasteiger charge is -2.22. The molecule has 1 N–H and O–H groups in total. The van der Waals surface area contributed by atoms with Crippen molar-refractivity contribution in [1.82, 2.24) is 5.32 Å². The van der Waals surface area contributed by atoms with E-state index in [-0.39, 0.29) is 0 Å². The minimum absolute atomic E-state index is 0.472. The molecule has 0 bridgehead atoms. The summed E-state index contributed by atoms with van der Waals surface area (Å²) in [5.41, 5.74) is -0.472. The van der Waals surface area contributed by atoms with Crippen LogP contribution in [0.15, 0.2) is 0 Å². The zero-order valence-corrected chi connectivity index (χ0v) is 11.4. The standard InChI is InChI=1S/C13H26N2O2/c1-4-7-15-13(3,12-14)6-9-17-11-10-16-8-5-2/h15H,4-11H2,1-3H3. The van der Waals surface area contributed by atoms with Gasteiger partial charge in [0.1, 0.15) is 5.54 Å². The highest BCUT2D eigenvalue weighted by Crippen LogP contribution is 2.08. The van der Waals surface area contributed by atoms with E-state index >= 15 is 0 Å². The normalized spacial score (nSPS) is 14.2. The highest BCUT2D eigenvalue weighted by molar-refractivity contribution is 5.03. The van der Waals surface area contributed by atoms with Crippen LogP contribution < -0.4 is 5.32 Å². The Morgan fingerprint density at radius 2 is 1.71 bits per heavy atom. The van der Waals surface area contributed by atoms with Crippen LogP contribution in [-0.4, -0.2) is 38.5 Å². The van der Waals surface area contributed by atoms with Crippen LogP contribution in [0.1, 0.15) is 40.0 Å². The third-order valence-corrected chi connectivity index (χ3v) is 2.48. The Morgan fingerprint density at radius 1 is 1.06 bits per heavy atom. The van der Waals surface area contributed by atoms with E-state index in [4.69, 9.17) is 14.7 Å². The predicted molar refractivity (Wildman–Crippen MR) is 68.9 cm³/mol. The van der Waals surface area contributed by atoms with Crippen molar-refractivity contribution in [2.24, 2.45) is 0 Å². The molecule has 0 heterocycles. The van der Waals surface area contributed by atoms with Crippen molar-refractivity contribution in [3.63, 3.8) is 0 Å². The van der Waals surface area contributed by atoms with Crippen molar-refractivity contribution >= 4 is 0 Å². The van der Waals surface area contributed by atoms with Gasteiger partial charge in [0.2, 0.25) is 0 Å². The van der Waals surface area contributed by atoms with Gasteiger partial charge in [0.15, 0.2) is 0 Å². The van der Waals surface area contributed by atoms with Gasteiger partial charge in [-0.3, -0.25) is 5.32 Å². The van der Waals surface area contributed by atoms with E-state index in [0.29, 0.717) is 26.2 Å². The molecule has 0 aromatic heterocycles. The second kappa shape index (κ2) is 10.5. The maximum absolute atomic E-state index is 9.09. The first-order valence-electron chi connectivity index (χ1n) is 6.50. The van der Waals surface area contributed by atoms with Gasteiger partial charge in [-0.2, -0.15) is 5.26 Å².